The minimum atomic E-state index is -1.12. The second-order valence-electron chi connectivity index (χ2n) is 4.12. The van der Waals surface area contributed by atoms with Crippen LogP contribution in [0.4, 0.5) is 4.53 Å². The SMILES string of the molecule is CCC(O)N[C@@H](CC(=O)OF)c1cc(Cl)cc(Br)c1O. The van der Waals surface area contributed by atoms with E-state index in [-0.39, 0.29) is 11.3 Å². The van der Waals surface area contributed by atoms with Crippen LogP contribution in [0, 0.1) is 0 Å². The molecule has 0 saturated heterocycles. The Balaban J connectivity index is 3.12. The highest BCUT2D eigenvalue weighted by Gasteiger charge is 2.24. The summed E-state index contributed by atoms with van der Waals surface area (Å²) >= 11 is 9.00. The van der Waals surface area contributed by atoms with Crippen LogP contribution in [0.5, 0.6) is 5.75 Å². The van der Waals surface area contributed by atoms with Crippen LogP contribution in [-0.4, -0.2) is 22.4 Å². The van der Waals surface area contributed by atoms with Crippen molar-refractivity contribution in [3.8, 4) is 5.75 Å². The molecule has 8 heteroatoms. The Morgan fingerprint density at radius 3 is 2.80 bits per heavy atom. The Hall–Kier alpha value is -0.890. The quantitative estimate of drug-likeness (QED) is 0.671. The van der Waals surface area contributed by atoms with Gasteiger partial charge in [0.15, 0.2) is 0 Å². The summed E-state index contributed by atoms with van der Waals surface area (Å²) in [4.78, 5) is 14.2. The third-order valence-corrected chi connectivity index (χ3v) is 3.49. The zero-order valence-electron chi connectivity index (χ0n) is 10.6. The molecule has 0 aromatic heterocycles. The number of hydrogen-bond donors (Lipinski definition) is 3. The molecule has 0 aliphatic carbocycles. The van der Waals surface area contributed by atoms with E-state index in [2.05, 4.69) is 26.2 Å². The number of carbonyl (C=O) groups is 1. The molecule has 3 N–H and O–H groups in total. The lowest BCUT2D eigenvalue weighted by Crippen LogP contribution is -2.33. The van der Waals surface area contributed by atoms with Crippen LogP contribution >= 0.6 is 27.5 Å². The van der Waals surface area contributed by atoms with Crippen molar-refractivity contribution >= 4 is 33.5 Å². The number of aliphatic hydroxyl groups is 1. The van der Waals surface area contributed by atoms with Gasteiger partial charge in [-0.15, -0.1) is 0 Å². The second-order valence-corrected chi connectivity index (χ2v) is 5.41. The van der Waals surface area contributed by atoms with Crippen LogP contribution in [-0.2, 0) is 9.74 Å². The van der Waals surface area contributed by atoms with Gasteiger partial charge in [-0.2, -0.15) is 0 Å². The lowest BCUT2D eigenvalue weighted by molar-refractivity contribution is -0.184. The van der Waals surface area contributed by atoms with E-state index < -0.39 is 24.7 Å². The highest BCUT2D eigenvalue weighted by molar-refractivity contribution is 9.10. The molecular weight excluding hydrogens is 356 g/mol. The highest BCUT2D eigenvalue weighted by atomic mass is 79.9. The summed E-state index contributed by atoms with van der Waals surface area (Å²) in [6.45, 7) is 1.72. The predicted molar refractivity (Wildman–Crippen MR) is 74.8 cm³/mol. The first-order chi connectivity index (χ1) is 9.38. The summed E-state index contributed by atoms with van der Waals surface area (Å²) in [6.07, 6.45) is -0.970. The van der Waals surface area contributed by atoms with Gasteiger partial charge in [-0.3, -0.25) is 10.3 Å². The van der Waals surface area contributed by atoms with Crippen LogP contribution in [0.25, 0.3) is 0 Å². The summed E-state index contributed by atoms with van der Waals surface area (Å²) in [7, 11) is 0. The van der Waals surface area contributed by atoms with Gasteiger partial charge in [0.05, 0.1) is 10.9 Å². The molecule has 0 aliphatic rings. The minimum absolute atomic E-state index is 0.151. The maximum Gasteiger partial charge on any atom is 0.350 e. The Morgan fingerprint density at radius 1 is 1.60 bits per heavy atom. The summed E-state index contributed by atoms with van der Waals surface area (Å²) in [6, 6.07) is 2.05. The smallest absolute Gasteiger partial charge is 0.350 e. The van der Waals surface area contributed by atoms with Gasteiger partial charge in [0, 0.05) is 21.2 Å². The van der Waals surface area contributed by atoms with Crippen LogP contribution in [0.3, 0.4) is 0 Å². The maximum absolute atomic E-state index is 11.9. The Labute approximate surface area is 128 Å². The van der Waals surface area contributed by atoms with Crippen molar-refractivity contribution in [3.05, 3.63) is 27.2 Å². The molecule has 0 radical (unpaired) electrons. The Bertz CT molecular complexity index is 489. The summed E-state index contributed by atoms with van der Waals surface area (Å²) in [5, 5.41) is 22.6. The number of phenolic OH excluding ortho intramolecular Hbond substituents is 1. The highest BCUT2D eigenvalue weighted by Crippen LogP contribution is 2.36. The van der Waals surface area contributed by atoms with Gasteiger partial charge in [0.1, 0.15) is 12.0 Å². The molecule has 1 rings (SSSR count). The molecule has 0 spiro atoms. The first kappa shape index (κ1) is 17.2. The fourth-order valence-electron chi connectivity index (χ4n) is 1.66. The third kappa shape index (κ3) is 4.59. The van der Waals surface area contributed by atoms with E-state index in [0.717, 1.165) is 0 Å². The van der Waals surface area contributed by atoms with E-state index >= 15 is 0 Å². The predicted octanol–water partition coefficient (Wildman–Crippen LogP) is 2.99. The van der Waals surface area contributed by atoms with E-state index in [1.807, 2.05) is 0 Å². The molecule has 112 valence electrons. The van der Waals surface area contributed by atoms with Gasteiger partial charge in [0.2, 0.25) is 0 Å². The van der Waals surface area contributed by atoms with Crippen molar-refractivity contribution in [2.75, 3.05) is 0 Å². The molecule has 1 aromatic rings. The lowest BCUT2D eigenvalue weighted by Gasteiger charge is -2.22. The first-order valence-corrected chi connectivity index (χ1v) is 6.99. The summed E-state index contributed by atoms with van der Waals surface area (Å²) in [5.41, 5.74) is 0.252. The number of phenols is 1. The van der Waals surface area contributed by atoms with Crippen LogP contribution in [0.15, 0.2) is 16.6 Å². The number of aromatic hydroxyl groups is 1. The zero-order valence-corrected chi connectivity index (χ0v) is 12.9. The van der Waals surface area contributed by atoms with E-state index in [9.17, 15) is 19.5 Å². The van der Waals surface area contributed by atoms with Crippen LogP contribution in [0.2, 0.25) is 5.02 Å². The van der Waals surface area contributed by atoms with Gasteiger partial charge >= 0.3 is 5.97 Å². The molecule has 0 heterocycles. The summed E-state index contributed by atoms with van der Waals surface area (Å²) < 4.78 is 12.2. The molecular formula is C12H14BrClFNO4. The molecule has 2 atom stereocenters. The standard InChI is InChI=1S/C12H14BrClFNO4/c1-2-10(17)16-9(5-11(18)20-15)7-3-6(14)4-8(13)12(7)19/h3-4,9-10,16-17,19H,2,5H2,1H3/t9-,10?/m0/s1. The van der Waals surface area contributed by atoms with Crippen molar-refractivity contribution in [1.29, 1.82) is 0 Å². The molecule has 0 aliphatic heterocycles. The largest absolute Gasteiger partial charge is 0.506 e. The van der Waals surface area contributed by atoms with Gasteiger partial charge in [-0.1, -0.05) is 18.5 Å². The molecule has 1 aromatic carbocycles. The van der Waals surface area contributed by atoms with Crippen molar-refractivity contribution < 1.29 is 24.5 Å². The minimum Gasteiger partial charge on any atom is -0.506 e. The van der Waals surface area contributed by atoms with Crippen molar-refractivity contribution in [3.63, 3.8) is 0 Å². The monoisotopic (exact) mass is 369 g/mol. The lowest BCUT2D eigenvalue weighted by atomic mass is 10.0. The number of hydrogen-bond acceptors (Lipinski definition) is 5. The second kappa shape index (κ2) is 7.78. The zero-order chi connectivity index (χ0) is 15.3. The third-order valence-electron chi connectivity index (χ3n) is 2.67. The molecule has 0 fully saturated rings. The number of halogens is 3. The molecule has 0 saturated carbocycles. The number of benzene rings is 1. The number of carbonyl (C=O) groups excluding carboxylic acids is 1. The molecule has 5 nitrogen and oxygen atoms in total. The van der Waals surface area contributed by atoms with Crippen molar-refractivity contribution in [2.45, 2.75) is 32.0 Å². The van der Waals surface area contributed by atoms with Gasteiger partial charge in [-0.05, 0) is 34.5 Å². The number of aliphatic hydroxyl groups excluding tert-OH is 1. The molecule has 0 amide bonds. The molecule has 0 bridgehead atoms. The molecule has 20 heavy (non-hydrogen) atoms. The number of rotatable bonds is 6. The van der Waals surface area contributed by atoms with Crippen LogP contribution in [0.1, 0.15) is 31.4 Å². The Morgan fingerprint density at radius 2 is 2.25 bits per heavy atom. The van der Waals surface area contributed by atoms with E-state index in [0.29, 0.717) is 15.9 Å². The normalized spacial score (nSPS) is 13.8. The fourth-order valence-corrected chi connectivity index (χ4v) is 2.49. The van der Waals surface area contributed by atoms with Crippen LogP contribution < -0.4 is 5.32 Å². The van der Waals surface area contributed by atoms with E-state index in [1.165, 1.54) is 12.1 Å². The van der Waals surface area contributed by atoms with E-state index in [1.54, 1.807) is 6.92 Å². The van der Waals surface area contributed by atoms with Gasteiger partial charge in [-0.25, -0.2) is 4.79 Å². The Kier molecular flexibility index (Phi) is 6.67. The summed E-state index contributed by atoms with van der Waals surface area (Å²) in [5.74, 6) is -1.27. The average Bonchev–Trinajstić information content (AvgIpc) is 2.41. The van der Waals surface area contributed by atoms with Gasteiger partial charge < -0.3 is 10.2 Å². The molecule has 1 unspecified atom stereocenters. The van der Waals surface area contributed by atoms with Gasteiger partial charge in [0.25, 0.3) is 0 Å². The van der Waals surface area contributed by atoms with Crippen molar-refractivity contribution in [1.82, 2.24) is 5.32 Å². The topological polar surface area (TPSA) is 78.8 Å². The maximum atomic E-state index is 11.9. The van der Waals surface area contributed by atoms with E-state index in [4.69, 9.17) is 11.6 Å². The van der Waals surface area contributed by atoms with Crippen molar-refractivity contribution in [2.24, 2.45) is 0 Å². The fraction of sp³-hybridized carbons (Fsp3) is 0.417. The average molecular weight is 371 g/mol. The number of nitrogens with one attached hydrogen (secondary N) is 1. The first-order valence-electron chi connectivity index (χ1n) is 5.82.